The molecule has 3 aromatic rings. The third-order valence-electron chi connectivity index (χ3n) is 3.78. The van der Waals surface area contributed by atoms with Crippen LogP contribution in [0.3, 0.4) is 0 Å². The first-order chi connectivity index (χ1) is 13.2. The Hall–Kier alpha value is -3.42. The third-order valence-corrected chi connectivity index (χ3v) is 3.78. The molecule has 3 rings (SSSR count). The highest BCUT2D eigenvalue weighted by Crippen LogP contribution is 2.18. The molecule has 0 aliphatic rings. The summed E-state index contributed by atoms with van der Waals surface area (Å²) in [6, 6.07) is 7.55. The van der Waals surface area contributed by atoms with Crippen LogP contribution in [0.15, 0.2) is 48.9 Å². The zero-order valence-electron chi connectivity index (χ0n) is 15.8. The van der Waals surface area contributed by atoms with Crippen LogP contribution in [-0.4, -0.2) is 27.0 Å². The number of imidazole rings is 1. The van der Waals surface area contributed by atoms with Crippen molar-refractivity contribution >= 4 is 23.3 Å². The van der Waals surface area contributed by atoms with Crippen molar-refractivity contribution in [1.29, 1.82) is 0 Å². The summed E-state index contributed by atoms with van der Waals surface area (Å²) < 4.78 is 21.2. The molecule has 2 aromatic heterocycles. The maximum atomic E-state index is 14.2. The maximum absolute atomic E-state index is 14.2. The standard InChI is InChI=1S/C20H21FN4O3/c1-20(2,3)28-19(27)24-16-5-4-14(11-15(16)21)18(26)23-12-13-6-8-25-9-7-22-17(25)10-13/h4-11H,12H2,1-3H3,(H,23,26)(H,24,27). The highest BCUT2D eigenvalue weighted by atomic mass is 19.1. The van der Waals surface area contributed by atoms with E-state index in [1.807, 2.05) is 28.9 Å². The second-order valence-electron chi connectivity index (χ2n) is 7.23. The van der Waals surface area contributed by atoms with Gasteiger partial charge in [-0.15, -0.1) is 0 Å². The van der Waals surface area contributed by atoms with Crippen LogP contribution >= 0.6 is 0 Å². The van der Waals surface area contributed by atoms with Gasteiger partial charge in [0, 0.05) is 30.7 Å². The van der Waals surface area contributed by atoms with Gasteiger partial charge in [0.15, 0.2) is 0 Å². The van der Waals surface area contributed by atoms with Gasteiger partial charge in [0.2, 0.25) is 0 Å². The SMILES string of the molecule is CC(C)(C)OC(=O)Nc1ccc(C(=O)NCc2ccn3ccnc3c2)cc1F. The van der Waals surface area contributed by atoms with E-state index in [4.69, 9.17) is 4.74 Å². The minimum Gasteiger partial charge on any atom is -0.444 e. The average Bonchev–Trinajstić information content (AvgIpc) is 3.07. The molecule has 0 bridgehead atoms. The van der Waals surface area contributed by atoms with Crippen LogP contribution in [0.4, 0.5) is 14.9 Å². The van der Waals surface area contributed by atoms with Gasteiger partial charge < -0.3 is 14.5 Å². The number of carbonyl (C=O) groups is 2. The van der Waals surface area contributed by atoms with E-state index in [0.29, 0.717) is 0 Å². The van der Waals surface area contributed by atoms with E-state index in [1.165, 1.54) is 12.1 Å². The Morgan fingerprint density at radius 1 is 1.18 bits per heavy atom. The quantitative estimate of drug-likeness (QED) is 0.717. The third kappa shape index (κ3) is 4.85. The van der Waals surface area contributed by atoms with Crippen LogP contribution in [0.5, 0.6) is 0 Å². The lowest BCUT2D eigenvalue weighted by Gasteiger charge is -2.19. The smallest absolute Gasteiger partial charge is 0.412 e. The molecule has 0 radical (unpaired) electrons. The molecule has 2 N–H and O–H groups in total. The van der Waals surface area contributed by atoms with Crippen molar-refractivity contribution in [1.82, 2.24) is 14.7 Å². The summed E-state index contributed by atoms with van der Waals surface area (Å²) in [4.78, 5) is 28.2. The van der Waals surface area contributed by atoms with E-state index < -0.39 is 23.4 Å². The molecule has 146 valence electrons. The summed E-state index contributed by atoms with van der Waals surface area (Å²) in [5.41, 5.74) is 1.04. The lowest BCUT2D eigenvalue weighted by Crippen LogP contribution is -2.27. The predicted molar refractivity (Wildman–Crippen MR) is 103 cm³/mol. The molecule has 8 heteroatoms. The second-order valence-corrected chi connectivity index (χ2v) is 7.23. The Labute approximate surface area is 161 Å². The largest absolute Gasteiger partial charge is 0.444 e. The van der Waals surface area contributed by atoms with Gasteiger partial charge in [-0.25, -0.2) is 14.2 Å². The summed E-state index contributed by atoms with van der Waals surface area (Å²) in [6.45, 7) is 5.41. The molecule has 0 unspecified atom stereocenters. The zero-order valence-corrected chi connectivity index (χ0v) is 15.8. The van der Waals surface area contributed by atoms with Gasteiger partial charge in [0.1, 0.15) is 17.1 Å². The van der Waals surface area contributed by atoms with E-state index in [1.54, 1.807) is 27.0 Å². The van der Waals surface area contributed by atoms with Crippen LogP contribution in [0.2, 0.25) is 0 Å². The van der Waals surface area contributed by atoms with Crippen molar-refractivity contribution in [2.24, 2.45) is 0 Å². The molecule has 2 heterocycles. The van der Waals surface area contributed by atoms with E-state index in [2.05, 4.69) is 15.6 Å². The fourth-order valence-corrected chi connectivity index (χ4v) is 2.52. The number of hydrogen-bond donors (Lipinski definition) is 2. The number of nitrogens with one attached hydrogen (secondary N) is 2. The van der Waals surface area contributed by atoms with E-state index in [0.717, 1.165) is 17.3 Å². The van der Waals surface area contributed by atoms with Gasteiger partial charge >= 0.3 is 6.09 Å². The summed E-state index contributed by atoms with van der Waals surface area (Å²) in [6.07, 6.45) is 4.60. The predicted octanol–water partition coefficient (Wildman–Crippen LogP) is 3.75. The fraction of sp³-hybridized carbons (Fsp3) is 0.250. The lowest BCUT2D eigenvalue weighted by molar-refractivity contribution is 0.0635. The minimum absolute atomic E-state index is 0.0597. The Balaban J connectivity index is 1.62. The van der Waals surface area contributed by atoms with Crippen molar-refractivity contribution in [3.63, 3.8) is 0 Å². The van der Waals surface area contributed by atoms with Crippen molar-refractivity contribution in [2.75, 3.05) is 5.32 Å². The first kappa shape index (κ1) is 19.3. The highest BCUT2D eigenvalue weighted by molar-refractivity contribution is 5.95. The number of halogens is 1. The molecule has 0 aliphatic carbocycles. The highest BCUT2D eigenvalue weighted by Gasteiger charge is 2.18. The van der Waals surface area contributed by atoms with Gasteiger partial charge in [-0.1, -0.05) is 0 Å². The number of ether oxygens (including phenoxy) is 1. The van der Waals surface area contributed by atoms with E-state index >= 15 is 0 Å². The van der Waals surface area contributed by atoms with Crippen LogP contribution in [0.1, 0.15) is 36.7 Å². The summed E-state index contributed by atoms with van der Waals surface area (Å²) in [7, 11) is 0. The van der Waals surface area contributed by atoms with Gasteiger partial charge in [-0.3, -0.25) is 10.1 Å². The molecule has 0 spiro atoms. The van der Waals surface area contributed by atoms with Crippen molar-refractivity contribution < 1.29 is 18.7 Å². The lowest BCUT2D eigenvalue weighted by atomic mass is 10.1. The first-order valence-electron chi connectivity index (χ1n) is 8.71. The number of rotatable bonds is 4. The monoisotopic (exact) mass is 384 g/mol. The molecule has 0 aliphatic heterocycles. The fourth-order valence-electron chi connectivity index (χ4n) is 2.52. The second kappa shape index (κ2) is 7.67. The Kier molecular flexibility index (Phi) is 5.30. The number of benzene rings is 1. The summed E-state index contributed by atoms with van der Waals surface area (Å²) in [5.74, 6) is -1.15. The average molecular weight is 384 g/mol. The number of aromatic nitrogens is 2. The molecular formula is C20H21FN4O3. The first-order valence-corrected chi connectivity index (χ1v) is 8.71. The van der Waals surface area contributed by atoms with E-state index in [9.17, 15) is 14.0 Å². The van der Waals surface area contributed by atoms with Gasteiger partial charge in [-0.2, -0.15) is 0 Å². The number of carbonyl (C=O) groups excluding carboxylic acids is 2. The van der Waals surface area contributed by atoms with Crippen LogP contribution in [0.25, 0.3) is 5.65 Å². The summed E-state index contributed by atoms with van der Waals surface area (Å²) >= 11 is 0. The Morgan fingerprint density at radius 2 is 1.96 bits per heavy atom. The van der Waals surface area contributed by atoms with Crippen LogP contribution < -0.4 is 10.6 Å². The molecule has 0 saturated heterocycles. The zero-order chi connectivity index (χ0) is 20.3. The molecule has 0 fully saturated rings. The topological polar surface area (TPSA) is 84.7 Å². The molecule has 1 aromatic carbocycles. The van der Waals surface area contributed by atoms with Crippen molar-refractivity contribution in [3.05, 3.63) is 65.9 Å². The number of anilines is 1. The van der Waals surface area contributed by atoms with Crippen molar-refractivity contribution in [2.45, 2.75) is 32.9 Å². The van der Waals surface area contributed by atoms with Gasteiger partial charge in [-0.05, 0) is 56.7 Å². The number of pyridine rings is 1. The molecular weight excluding hydrogens is 363 g/mol. The number of hydrogen-bond acceptors (Lipinski definition) is 4. The molecule has 7 nitrogen and oxygen atoms in total. The number of nitrogens with zero attached hydrogens (tertiary/aromatic N) is 2. The van der Waals surface area contributed by atoms with Gasteiger partial charge in [0.05, 0.1) is 5.69 Å². The summed E-state index contributed by atoms with van der Waals surface area (Å²) in [5, 5.41) is 5.06. The van der Waals surface area contributed by atoms with E-state index in [-0.39, 0.29) is 17.8 Å². The maximum Gasteiger partial charge on any atom is 0.412 e. The molecule has 28 heavy (non-hydrogen) atoms. The number of fused-ring (bicyclic) bond motifs is 1. The molecule has 0 atom stereocenters. The van der Waals surface area contributed by atoms with Gasteiger partial charge in [0.25, 0.3) is 5.91 Å². The van der Waals surface area contributed by atoms with Crippen molar-refractivity contribution in [3.8, 4) is 0 Å². The minimum atomic E-state index is -0.766. The molecule has 0 saturated carbocycles. The van der Waals surface area contributed by atoms with Crippen LogP contribution in [0, 0.1) is 5.82 Å². The number of amides is 2. The Morgan fingerprint density at radius 3 is 2.68 bits per heavy atom. The molecule has 2 amide bonds. The normalized spacial score (nSPS) is 11.3. The Bertz CT molecular complexity index is 1020. The van der Waals surface area contributed by atoms with Crippen LogP contribution in [-0.2, 0) is 11.3 Å².